The molecule has 118 valence electrons. The van der Waals surface area contributed by atoms with Gasteiger partial charge in [-0.15, -0.1) is 0 Å². The third-order valence-corrected chi connectivity index (χ3v) is 3.25. The fourth-order valence-electron chi connectivity index (χ4n) is 1.95. The number of aromatic nitrogens is 2. The molecule has 2 heterocycles. The van der Waals surface area contributed by atoms with Crippen molar-refractivity contribution in [2.75, 3.05) is 13.6 Å². The summed E-state index contributed by atoms with van der Waals surface area (Å²) in [5, 5.41) is 10.5. The zero-order valence-electron chi connectivity index (χ0n) is 13.3. The summed E-state index contributed by atoms with van der Waals surface area (Å²) in [4.78, 5) is 8.30. The highest BCUT2D eigenvalue weighted by Crippen LogP contribution is 2.13. The van der Waals surface area contributed by atoms with Crippen LogP contribution in [0.25, 0.3) is 0 Å². The predicted octanol–water partition coefficient (Wildman–Crippen LogP) is 2.10. The zero-order chi connectivity index (χ0) is 15.8. The van der Waals surface area contributed by atoms with Crippen molar-refractivity contribution in [1.29, 1.82) is 0 Å². The van der Waals surface area contributed by atoms with Crippen LogP contribution in [0.1, 0.15) is 36.8 Å². The van der Waals surface area contributed by atoms with E-state index in [1.807, 2.05) is 18.3 Å². The molecule has 0 aliphatic carbocycles. The molecule has 0 aliphatic heterocycles. The van der Waals surface area contributed by atoms with Crippen molar-refractivity contribution in [1.82, 2.24) is 20.8 Å². The number of rotatable bonds is 6. The molecule has 0 unspecified atom stereocenters. The van der Waals surface area contributed by atoms with Gasteiger partial charge in [0.2, 0.25) is 0 Å². The molecule has 6 heteroatoms. The van der Waals surface area contributed by atoms with E-state index in [0.717, 1.165) is 30.4 Å². The first-order valence-corrected chi connectivity index (χ1v) is 7.48. The summed E-state index contributed by atoms with van der Waals surface area (Å²) in [6, 6.07) is 5.98. The lowest BCUT2D eigenvalue weighted by atomic mass is 10.1. The maximum absolute atomic E-state index is 5.29. The lowest BCUT2D eigenvalue weighted by Crippen LogP contribution is -2.37. The van der Waals surface area contributed by atoms with E-state index < -0.39 is 0 Å². The van der Waals surface area contributed by atoms with Crippen molar-refractivity contribution in [3.63, 3.8) is 0 Å². The molecule has 0 bridgehead atoms. The molecule has 0 aromatic carbocycles. The lowest BCUT2D eigenvalue weighted by Gasteiger charge is -2.10. The number of pyridine rings is 1. The SMILES string of the molecule is CN=C(NCCc1cccnc1)NCc1cc(C(C)C)no1. The maximum Gasteiger partial charge on any atom is 0.191 e. The molecule has 0 atom stereocenters. The summed E-state index contributed by atoms with van der Waals surface area (Å²) in [7, 11) is 1.75. The van der Waals surface area contributed by atoms with Crippen LogP contribution in [0.15, 0.2) is 40.1 Å². The van der Waals surface area contributed by atoms with Crippen molar-refractivity contribution < 1.29 is 4.52 Å². The van der Waals surface area contributed by atoms with Gasteiger partial charge in [0.05, 0.1) is 12.2 Å². The van der Waals surface area contributed by atoms with Crippen molar-refractivity contribution >= 4 is 5.96 Å². The molecule has 0 aliphatic rings. The van der Waals surface area contributed by atoms with Gasteiger partial charge in [-0.2, -0.15) is 0 Å². The Morgan fingerprint density at radius 1 is 1.36 bits per heavy atom. The second-order valence-electron chi connectivity index (χ2n) is 5.34. The molecular weight excluding hydrogens is 278 g/mol. The zero-order valence-corrected chi connectivity index (χ0v) is 13.3. The molecule has 2 aromatic rings. The number of hydrogen-bond donors (Lipinski definition) is 2. The van der Waals surface area contributed by atoms with E-state index in [2.05, 4.69) is 45.7 Å². The van der Waals surface area contributed by atoms with Gasteiger partial charge in [0, 0.05) is 32.1 Å². The minimum Gasteiger partial charge on any atom is -0.359 e. The van der Waals surface area contributed by atoms with Gasteiger partial charge in [-0.25, -0.2) is 0 Å². The Labute approximate surface area is 131 Å². The molecule has 0 radical (unpaired) electrons. The number of nitrogens with one attached hydrogen (secondary N) is 2. The fourth-order valence-corrected chi connectivity index (χ4v) is 1.95. The van der Waals surface area contributed by atoms with Gasteiger partial charge in [-0.05, 0) is 24.0 Å². The smallest absolute Gasteiger partial charge is 0.191 e. The Kier molecular flexibility index (Phi) is 5.94. The Balaban J connectivity index is 1.75. The maximum atomic E-state index is 5.29. The minimum atomic E-state index is 0.370. The lowest BCUT2D eigenvalue weighted by molar-refractivity contribution is 0.372. The van der Waals surface area contributed by atoms with E-state index in [0.29, 0.717) is 12.5 Å². The number of hydrogen-bond acceptors (Lipinski definition) is 4. The number of nitrogens with zero attached hydrogens (tertiary/aromatic N) is 3. The van der Waals surface area contributed by atoms with E-state index in [-0.39, 0.29) is 0 Å². The van der Waals surface area contributed by atoms with E-state index in [9.17, 15) is 0 Å². The summed E-state index contributed by atoms with van der Waals surface area (Å²) in [5.74, 6) is 1.92. The molecule has 0 saturated carbocycles. The van der Waals surface area contributed by atoms with Crippen LogP contribution in [0.3, 0.4) is 0 Å². The van der Waals surface area contributed by atoms with Crippen molar-refractivity contribution in [2.45, 2.75) is 32.7 Å². The molecule has 0 saturated heterocycles. The third kappa shape index (κ3) is 4.87. The highest BCUT2D eigenvalue weighted by molar-refractivity contribution is 5.79. The second-order valence-corrected chi connectivity index (χ2v) is 5.34. The van der Waals surface area contributed by atoms with E-state index >= 15 is 0 Å². The van der Waals surface area contributed by atoms with E-state index in [4.69, 9.17) is 4.52 Å². The third-order valence-electron chi connectivity index (χ3n) is 3.25. The Morgan fingerprint density at radius 3 is 2.86 bits per heavy atom. The van der Waals surface area contributed by atoms with Crippen LogP contribution in [0, 0.1) is 0 Å². The van der Waals surface area contributed by atoms with Crippen LogP contribution in [0.5, 0.6) is 0 Å². The molecule has 2 rings (SSSR count). The molecule has 0 spiro atoms. The van der Waals surface area contributed by atoms with Crippen molar-refractivity contribution in [2.24, 2.45) is 4.99 Å². The first-order valence-electron chi connectivity index (χ1n) is 7.48. The van der Waals surface area contributed by atoms with Crippen LogP contribution >= 0.6 is 0 Å². The van der Waals surface area contributed by atoms with Crippen LogP contribution in [0.4, 0.5) is 0 Å². The summed E-state index contributed by atoms with van der Waals surface area (Å²) >= 11 is 0. The summed E-state index contributed by atoms with van der Waals surface area (Å²) in [5.41, 5.74) is 2.17. The highest BCUT2D eigenvalue weighted by Gasteiger charge is 2.08. The Morgan fingerprint density at radius 2 is 2.23 bits per heavy atom. The average Bonchev–Trinajstić information content (AvgIpc) is 3.01. The second kappa shape index (κ2) is 8.17. The fraction of sp³-hybridized carbons (Fsp3) is 0.438. The molecule has 0 amide bonds. The summed E-state index contributed by atoms with van der Waals surface area (Å²) < 4.78 is 5.29. The molecule has 0 fully saturated rings. The average molecular weight is 301 g/mol. The first-order chi connectivity index (χ1) is 10.7. The quantitative estimate of drug-likeness (QED) is 0.631. The van der Waals surface area contributed by atoms with Gasteiger partial charge in [0.1, 0.15) is 0 Å². The molecule has 2 aromatic heterocycles. The monoisotopic (exact) mass is 301 g/mol. The van der Waals surface area contributed by atoms with Crippen LogP contribution < -0.4 is 10.6 Å². The standard InChI is InChI=1S/C16H23N5O/c1-12(2)15-9-14(22-21-15)11-20-16(17-3)19-8-6-13-5-4-7-18-10-13/h4-5,7,9-10,12H,6,8,11H2,1-3H3,(H2,17,19,20). The number of guanidine groups is 1. The van der Waals surface area contributed by atoms with Crippen LogP contribution in [-0.4, -0.2) is 29.7 Å². The van der Waals surface area contributed by atoms with E-state index in [1.54, 1.807) is 13.2 Å². The van der Waals surface area contributed by atoms with E-state index in [1.165, 1.54) is 5.56 Å². The largest absolute Gasteiger partial charge is 0.359 e. The normalized spacial score (nSPS) is 11.7. The number of aliphatic imine (C=N–C) groups is 1. The van der Waals surface area contributed by atoms with Crippen molar-refractivity contribution in [3.05, 3.63) is 47.6 Å². The van der Waals surface area contributed by atoms with Crippen LogP contribution in [0.2, 0.25) is 0 Å². The Hall–Kier alpha value is -2.37. The summed E-state index contributed by atoms with van der Waals surface area (Å²) in [6.07, 6.45) is 4.55. The van der Waals surface area contributed by atoms with Gasteiger partial charge >= 0.3 is 0 Å². The van der Waals surface area contributed by atoms with Gasteiger partial charge < -0.3 is 15.2 Å². The topological polar surface area (TPSA) is 75.3 Å². The van der Waals surface area contributed by atoms with Gasteiger partial charge in [-0.3, -0.25) is 9.98 Å². The Bertz CT molecular complexity index is 592. The van der Waals surface area contributed by atoms with Gasteiger partial charge in [0.15, 0.2) is 11.7 Å². The highest BCUT2D eigenvalue weighted by atomic mass is 16.5. The predicted molar refractivity (Wildman–Crippen MR) is 86.7 cm³/mol. The molecular formula is C16H23N5O. The van der Waals surface area contributed by atoms with Crippen molar-refractivity contribution in [3.8, 4) is 0 Å². The van der Waals surface area contributed by atoms with Crippen LogP contribution in [-0.2, 0) is 13.0 Å². The molecule has 2 N–H and O–H groups in total. The first kappa shape index (κ1) is 16.0. The minimum absolute atomic E-state index is 0.370. The summed E-state index contributed by atoms with van der Waals surface area (Å²) in [6.45, 7) is 5.53. The van der Waals surface area contributed by atoms with Gasteiger partial charge in [0.25, 0.3) is 0 Å². The molecule has 22 heavy (non-hydrogen) atoms. The molecule has 6 nitrogen and oxygen atoms in total. The van der Waals surface area contributed by atoms with Gasteiger partial charge in [-0.1, -0.05) is 25.1 Å².